The smallest absolute Gasteiger partial charge is 0.0591 e. The fourth-order valence-corrected chi connectivity index (χ4v) is 2.94. The molecule has 1 N–H and O–H groups in total. The average molecular weight is 253 g/mol. The van der Waals surface area contributed by atoms with Crippen molar-refractivity contribution >= 4 is 11.3 Å². The molecule has 1 aromatic rings. The van der Waals surface area contributed by atoms with Gasteiger partial charge in [0.25, 0.3) is 0 Å². The molecule has 1 aromatic heterocycles. The maximum atomic E-state index is 5.63. The predicted molar refractivity (Wildman–Crippen MR) is 73.5 cm³/mol. The summed E-state index contributed by atoms with van der Waals surface area (Å²) in [5.74, 6) is 0.969. The van der Waals surface area contributed by atoms with Gasteiger partial charge in [0, 0.05) is 24.6 Å². The van der Waals surface area contributed by atoms with Crippen LogP contribution in [-0.2, 0) is 11.3 Å². The number of thiophene rings is 1. The van der Waals surface area contributed by atoms with Crippen LogP contribution in [0.1, 0.15) is 36.1 Å². The fraction of sp³-hybridized carbons (Fsp3) is 0.714. The highest BCUT2D eigenvalue weighted by molar-refractivity contribution is 7.10. The average Bonchev–Trinajstić information content (AvgIpc) is 2.66. The highest BCUT2D eigenvalue weighted by Crippen LogP contribution is 2.28. The van der Waals surface area contributed by atoms with E-state index in [-0.39, 0.29) is 0 Å². The molecular formula is C14H23NOS. The van der Waals surface area contributed by atoms with Gasteiger partial charge in [-0.15, -0.1) is 11.3 Å². The van der Waals surface area contributed by atoms with Gasteiger partial charge in [-0.25, -0.2) is 0 Å². The van der Waals surface area contributed by atoms with Crippen LogP contribution < -0.4 is 5.32 Å². The van der Waals surface area contributed by atoms with E-state index in [1.807, 2.05) is 11.3 Å². The number of rotatable bonds is 8. The molecular weight excluding hydrogens is 230 g/mol. The minimum Gasteiger partial charge on any atom is -0.380 e. The maximum absolute atomic E-state index is 5.63. The predicted octanol–water partition coefficient (Wildman–Crippen LogP) is 3.35. The Morgan fingerprint density at radius 1 is 1.41 bits per heavy atom. The molecule has 1 heterocycles. The Morgan fingerprint density at radius 3 is 2.94 bits per heavy atom. The van der Waals surface area contributed by atoms with Crippen LogP contribution in [0.2, 0.25) is 0 Å². The lowest BCUT2D eigenvalue weighted by Gasteiger charge is -2.24. The van der Waals surface area contributed by atoms with Crippen molar-refractivity contribution in [2.24, 2.45) is 5.92 Å². The molecule has 2 rings (SSSR count). The Hall–Kier alpha value is -0.380. The molecule has 0 spiro atoms. The first kappa shape index (κ1) is 13.1. The van der Waals surface area contributed by atoms with E-state index in [0.29, 0.717) is 0 Å². The quantitative estimate of drug-likeness (QED) is 0.717. The molecule has 0 unspecified atom stereocenters. The van der Waals surface area contributed by atoms with E-state index >= 15 is 0 Å². The summed E-state index contributed by atoms with van der Waals surface area (Å²) >= 11 is 1.83. The van der Waals surface area contributed by atoms with Crippen molar-refractivity contribution in [1.29, 1.82) is 0 Å². The normalized spacial score (nSPS) is 16.1. The van der Waals surface area contributed by atoms with Gasteiger partial charge in [0.05, 0.1) is 6.61 Å². The molecule has 1 aliphatic carbocycles. The summed E-state index contributed by atoms with van der Waals surface area (Å²) in [6.07, 6.45) is 5.56. The van der Waals surface area contributed by atoms with E-state index in [1.54, 1.807) is 0 Å². The number of ether oxygens (including phenoxy) is 1. The molecule has 17 heavy (non-hydrogen) atoms. The lowest BCUT2D eigenvalue weighted by atomic mass is 9.83. The van der Waals surface area contributed by atoms with Gasteiger partial charge in [0.15, 0.2) is 0 Å². The van der Waals surface area contributed by atoms with Gasteiger partial charge in [-0.05, 0) is 36.3 Å². The summed E-state index contributed by atoms with van der Waals surface area (Å²) in [6.45, 7) is 5.90. The van der Waals surface area contributed by atoms with Crippen molar-refractivity contribution in [3.05, 3.63) is 21.9 Å². The molecule has 0 aromatic carbocycles. The van der Waals surface area contributed by atoms with Gasteiger partial charge in [0.2, 0.25) is 0 Å². The first-order chi connectivity index (χ1) is 8.36. The standard InChI is InChI=1S/C14H23NOS/c1-12-6-10-17-14(12)11-15-7-9-16-8-5-13-3-2-4-13/h6,10,13,15H,2-5,7-9,11H2,1H3. The first-order valence-electron chi connectivity index (χ1n) is 6.67. The topological polar surface area (TPSA) is 21.3 Å². The van der Waals surface area contributed by atoms with E-state index in [2.05, 4.69) is 23.7 Å². The number of hydrogen-bond acceptors (Lipinski definition) is 3. The SMILES string of the molecule is Cc1ccsc1CNCCOCCC1CCC1. The Labute approximate surface area is 108 Å². The van der Waals surface area contributed by atoms with Gasteiger partial charge >= 0.3 is 0 Å². The minimum absolute atomic E-state index is 0.844. The monoisotopic (exact) mass is 253 g/mol. The third-order valence-corrected chi connectivity index (χ3v) is 4.60. The Kier molecular flexibility index (Phi) is 5.49. The van der Waals surface area contributed by atoms with Crippen molar-refractivity contribution in [3.63, 3.8) is 0 Å². The molecule has 2 nitrogen and oxygen atoms in total. The van der Waals surface area contributed by atoms with Gasteiger partial charge in [-0.3, -0.25) is 0 Å². The molecule has 1 saturated carbocycles. The third-order valence-electron chi connectivity index (χ3n) is 3.57. The zero-order chi connectivity index (χ0) is 11.9. The first-order valence-corrected chi connectivity index (χ1v) is 7.55. The number of nitrogens with one attached hydrogen (secondary N) is 1. The highest BCUT2D eigenvalue weighted by Gasteiger charge is 2.16. The molecule has 3 heteroatoms. The van der Waals surface area contributed by atoms with Crippen LogP contribution in [0.3, 0.4) is 0 Å². The lowest BCUT2D eigenvalue weighted by Crippen LogP contribution is -2.20. The van der Waals surface area contributed by atoms with E-state index in [9.17, 15) is 0 Å². The summed E-state index contributed by atoms with van der Waals surface area (Å²) in [4.78, 5) is 1.44. The molecule has 96 valence electrons. The van der Waals surface area contributed by atoms with Gasteiger partial charge in [-0.2, -0.15) is 0 Å². The van der Waals surface area contributed by atoms with Crippen molar-refractivity contribution in [3.8, 4) is 0 Å². The van der Waals surface area contributed by atoms with Crippen LogP contribution in [0, 0.1) is 12.8 Å². The molecule has 0 bridgehead atoms. The van der Waals surface area contributed by atoms with E-state index in [1.165, 1.54) is 36.1 Å². The van der Waals surface area contributed by atoms with Crippen LogP contribution in [0.4, 0.5) is 0 Å². The van der Waals surface area contributed by atoms with Crippen molar-refractivity contribution in [2.75, 3.05) is 19.8 Å². The molecule has 0 atom stereocenters. The Bertz CT molecular complexity index is 320. The largest absolute Gasteiger partial charge is 0.380 e. The summed E-state index contributed by atoms with van der Waals surface area (Å²) in [6, 6.07) is 2.18. The highest BCUT2D eigenvalue weighted by atomic mass is 32.1. The summed E-state index contributed by atoms with van der Waals surface area (Å²) in [7, 11) is 0. The van der Waals surface area contributed by atoms with Crippen LogP contribution in [-0.4, -0.2) is 19.8 Å². The van der Waals surface area contributed by atoms with Crippen molar-refractivity contribution in [2.45, 2.75) is 39.2 Å². The van der Waals surface area contributed by atoms with E-state index in [0.717, 1.165) is 32.2 Å². The molecule has 0 saturated heterocycles. The zero-order valence-electron chi connectivity index (χ0n) is 10.7. The van der Waals surface area contributed by atoms with Crippen molar-refractivity contribution in [1.82, 2.24) is 5.32 Å². The molecule has 1 aliphatic rings. The zero-order valence-corrected chi connectivity index (χ0v) is 11.5. The number of hydrogen-bond donors (Lipinski definition) is 1. The maximum Gasteiger partial charge on any atom is 0.0591 e. The van der Waals surface area contributed by atoms with Gasteiger partial charge in [0.1, 0.15) is 0 Å². The molecule has 0 radical (unpaired) electrons. The second-order valence-electron chi connectivity index (χ2n) is 4.90. The second kappa shape index (κ2) is 7.14. The van der Waals surface area contributed by atoms with E-state index in [4.69, 9.17) is 4.74 Å². The van der Waals surface area contributed by atoms with E-state index < -0.39 is 0 Å². The lowest BCUT2D eigenvalue weighted by molar-refractivity contribution is 0.108. The minimum atomic E-state index is 0.844. The molecule has 0 aliphatic heterocycles. The number of aryl methyl sites for hydroxylation is 1. The summed E-state index contributed by atoms with van der Waals surface area (Å²) in [5, 5.41) is 5.58. The molecule has 0 amide bonds. The molecule has 1 fully saturated rings. The van der Waals surface area contributed by atoms with Crippen LogP contribution in [0.25, 0.3) is 0 Å². The third kappa shape index (κ3) is 4.41. The van der Waals surface area contributed by atoms with Gasteiger partial charge in [-0.1, -0.05) is 19.3 Å². The van der Waals surface area contributed by atoms with Gasteiger partial charge < -0.3 is 10.1 Å². The Morgan fingerprint density at radius 2 is 2.29 bits per heavy atom. The van der Waals surface area contributed by atoms with Crippen LogP contribution in [0.15, 0.2) is 11.4 Å². The second-order valence-corrected chi connectivity index (χ2v) is 5.90. The summed E-state index contributed by atoms with van der Waals surface area (Å²) in [5.41, 5.74) is 1.40. The van der Waals surface area contributed by atoms with Crippen molar-refractivity contribution < 1.29 is 4.74 Å². The Balaban J connectivity index is 1.42. The fourth-order valence-electron chi connectivity index (χ4n) is 2.06. The van der Waals surface area contributed by atoms with Crippen LogP contribution in [0.5, 0.6) is 0 Å². The summed E-state index contributed by atoms with van der Waals surface area (Å²) < 4.78 is 5.63. The van der Waals surface area contributed by atoms with Crippen LogP contribution >= 0.6 is 11.3 Å².